The van der Waals surface area contributed by atoms with E-state index in [1.54, 1.807) is 70.6 Å². The lowest BCUT2D eigenvalue weighted by Gasteiger charge is -2.43. The van der Waals surface area contributed by atoms with Gasteiger partial charge in [0.25, 0.3) is 0 Å². The van der Waals surface area contributed by atoms with E-state index in [-0.39, 0.29) is 0 Å². The summed E-state index contributed by atoms with van der Waals surface area (Å²) in [6, 6.07) is 0. The van der Waals surface area contributed by atoms with Crippen LogP contribution in [0.3, 0.4) is 0 Å². The Morgan fingerprint density at radius 1 is 0.353 bits per heavy atom. The van der Waals surface area contributed by atoms with E-state index in [0.717, 1.165) is 11.8 Å². The standard InChI is InChI=1S/C17H28/c1-4-12-5-3-9-16-15-8-2-6-13(15)10-11-17(16)14(12)7-1/h12-17H,1-11H2. The Hall–Kier alpha value is 0. The monoisotopic (exact) mass is 232 g/mol. The van der Waals surface area contributed by atoms with Crippen molar-refractivity contribution in [2.75, 3.05) is 0 Å². The molecular formula is C17H28. The van der Waals surface area contributed by atoms with E-state index in [4.69, 9.17) is 0 Å². The van der Waals surface area contributed by atoms with Gasteiger partial charge in [0.2, 0.25) is 0 Å². The first kappa shape index (κ1) is 10.9. The Bertz CT molecular complexity index is 282. The predicted molar refractivity (Wildman–Crippen MR) is 71.7 cm³/mol. The Labute approximate surface area is 107 Å². The molecule has 4 aliphatic rings. The fourth-order valence-electron chi connectivity index (χ4n) is 6.49. The molecule has 4 aliphatic carbocycles. The summed E-state index contributed by atoms with van der Waals surface area (Å²) in [5.74, 6) is 7.00. The molecule has 0 bridgehead atoms. The smallest absolute Gasteiger partial charge is 0.0352 e. The van der Waals surface area contributed by atoms with Gasteiger partial charge in [-0.2, -0.15) is 0 Å². The van der Waals surface area contributed by atoms with Gasteiger partial charge >= 0.3 is 0 Å². The molecule has 6 atom stereocenters. The van der Waals surface area contributed by atoms with Crippen LogP contribution in [0.25, 0.3) is 0 Å². The third kappa shape index (κ3) is 1.70. The van der Waals surface area contributed by atoms with Crippen LogP contribution in [0.4, 0.5) is 0 Å². The van der Waals surface area contributed by atoms with Crippen LogP contribution < -0.4 is 0 Å². The third-order valence-corrected chi connectivity index (χ3v) is 7.07. The highest BCUT2D eigenvalue weighted by Gasteiger charge is 2.47. The van der Waals surface area contributed by atoms with Gasteiger partial charge in [-0.3, -0.25) is 0 Å². The van der Waals surface area contributed by atoms with Gasteiger partial charge < -0.3 is 0 Å². The van der Waals surface area contributed by atoms with Crippen molar-refractivity contribution < 1.29 is 0 Å². The van der Waals surface area contributed by atoms with Crippen molar-refractivity contribution in [3.8, 4) is 0 Å². The minimum absolute atomic E-state index is 1.16. The van der Waals surface area contributed by atoms with Gasteiger partial charge in [-0.25, -0.2) is 0 Å². The molecule has 0 radical (unpaired) electrons. The molecule has 4 rings (SSSR count). The van der Waals surface area contributed by atoms with Crippen molar-refractivity contribution >= 4 is 0 Å². The second kappa shape index (κ2) is 4.28. The van der Waals surface area contributed by atoms with Gasteiger partial charge in [0.1, 0.15) is 0 Å². The van der Waals surface area contributed by atoms with E-state index >= 15 is 0 Å². The Morgan fingerprint density at radius 2 is 0.824 bits per heavy atom. The van der Waals surface area contributed by atoms with Crippen molar-refractivity contribution in [2.24, 2.45) is 35.5 Å². The van der Waals surface area contributed by atoms with Gasteiger partial charge in [0.15, 0.2) is 0 Å². The second-order valence-electron chi connectivity index (χ2n) is 7.55. The number of rotatable bonds is 0. The summed E-state index contributed by atoms with van der Waals surface area (Å²) in [7, 11) is 0. The number of hydrogen-bond acceptors (Lipinski definition) is 0. The molecule has 0 aliphatic heterocycles. The molecule has 0 spiro atoms. The van der Waals surface area contributed by atoms with Crippen LogP contribution in [-0.2, 0) is 0 Å². The van der Waals surface area contributed by atoms with Gasteiger partial charge in [-0.05, 0) is 67.6 Å². The lowest BCUT2D eigenvalue weighted by Crippen LogP contribution is -2.35. The third-order valence-electron chi connectivity index (χ3n) is 7.07. The molecule has 0 N–H and O–H groups in total. The molecule has 96 valence electrons. The molecule has 0 heteroatoms. The summed E-state index contributed by atoms with van der Waals surface area (Å²) < 4.78 is 0. The first-order valence-corrected chi connectivity index (χ1v) is 8.43. The number of fused-ring (bicyclic) bond motifs is 5. The van der Waals surface area contributed by atoms with Crippen molar-refractivity contribution in [3.05, 3.63) is 0 Å². The first-order chi connectivity index (χ1) is 8.43. The van der Waals surface area contributed by atoms with Crippen LogP contribution in [0.2, 0.25) is 0 Å². The zero-order valence-electron chi connectivity index (χ0n) is 11.2. The lowest BCUT2D eigenvalue weighted by molar-refractivity contribution is 0.0635. The van der Waals surface area contributed by atoms with E-state index < -0.39 is 0 Å². The first-order valence-electron chi connectivity index (χ1n) is 8.43. The van der Waals surface area contributed by atoms with E-state index in [9.17, 15) is 0 Å². The minimum atomic E-state index is 1.16. The molecule has 0 heterocycles. The van der Waals surface area contributed by atoms with Crippen LogP contribution in [0, 0.1) is 35.5 Å². The average Bonchev–Trinajstić information content (AvgIpc) is 2.95. The molecule has 0 amide bonds. The summed E-state index contributed by atoms with van der Waals surface area (Å²) in [5, 5.41) is 0. The molecule has 0 saturated heterocycles. The van der Waals surface area contributed by atoms with Gasteiger partial charge in [0.05, 0.1) is 0 Å². The molecule has 0 aromatic rings. The fourth-order valence-corrected chi connectivity index (χ4v) is 6.49. The van der Waals surface area contributed by atoms with Gasteiger partial charge in [-0.15, -0.1) is 0 Å². The van der Waals surface area contributed by atoms with E-state index in [0.29, 0.717) is 0 Å². The Balaban J connectivity index is 1.60. The summed E-state index contributed by atoms with van der Waals surface area (Å²) in [4.78, 5) is 0. The van der Waals surface area contributed by atoms with Crippen molar-refractivity contribution in [1.29, 1.82) is 0 Å². The van der Waals surface area contributed by atoms with E-state index in [2.05, 4.69) is 0 Å². The normalized spacial score (nSPS) is 53.6. The molecule has 0 nitrogen and oxygen atoms in total. The van der Waals surface area contributed by atoms with Crippen LogP contribution in [0.15, 0.2) is 0 Å². The van der Waals surface area contributed by atoms with Gasteiger partial charge in [0, 0.05) is 0 Å². The maximum Gasteiger partial charge on any atom is -0.0352 e. The Morgan fingerprint density at radius 3 is 1.47 bits per heavy atom. The predicted octanol–water partition coefficient (Wildman–Crippen LogP) is 5.03. The maximum absolute atomic E-state index is 1.62. The Kier molecular flexibility index (Phi) is 2.74. The summed E-state index contributed by atoms with van der Waals surface area (Å²) in [6.45, 7) is 0. The maximum atomic E-state index is 1.62. The minimum Gasteiger partial charge on any atom is -0.0527 e. The quantitative estimate of drug-likeness (QED) is 0.549. The zero-order valence-corrected chi connectivity index (χ0v) is 11.2. The van der Waals surface area contributed by atoms with Crippen molar-refractivity contribution in [2.45, 2.75) is 70.6 Å². The van der Waals surface area contributed by atoms with Crippen molar-refractivity contribution in [3.63, 3.8) is 0 Å². The van der Waals surface area contributed by atoms with E-state index in [1.165, 1.54) is 23.7 Å². The van der Waals surface area contributed by atoms with Crippen LogP contribution >= 0.6 is 0 Å². The average molecular weight is 232 g/mol. The van der Waals surface area contributed by atoms with Crippen LogP contribution in [0.1, 0.15) is 70.6 Å². The number of hydrogen-bond donors (Lipinski definition) is 0. The van der Waals surface area contributed by atoms with Gasteiger partial charge in [-0.1, -0.05) is 38.5 Å². The SMILES string of the molecule is C1CC2CCC3C4CCCC4CCCC3C2C1. The molecule has 0 aromatic heterocycles. The molecule has 0 aromatic carbocycles. The summed E-state index contributed by atoms with van der Waals surface area (Å²) >= 11 is 0. The van der Waals surface area contributed by atoms with E-state index in [1.807, 2.05) is 0 Å². The topological polar surface area (TPSA) is 0 Å². The highest BCUT2D eigenvalue weighted by molar-refractivity contribution is 4.97. The largest absolute Gasteiger partial charge is 0.0527 e. The molecular weight excluding hydrogens is 204 g/mol. The highest BCUT2D eigenvalue weighted by Crippen LogP contribution is 2.57. The highest BCUT2D eigenvalue weighted by atomic mass is 14.5. The molecule has 17 heavy (non-hydrogen) atoms. The summed E-state index contributed by atoms with van der Waals surface area (Å²) in [5.41, 5.74) is 0. The molecule has 4 saturated carbocycles. The molecule has 4 fully saturated rings. The fraction of sp³-hybridized carbons (Fsp3) is 1.00. The van der Waals surface area contributed by atoms with Crippen LogP contribution in [0.5, 0.6) is 0 Å². The molecule has 6 unspecified atom stereocenters. The zero-order chi connectivity index (χ0) is 11.2. The van der Waals surface area contributed by atoms with Crippen LogP contribution in [-0.4, -0.2) is 0 Å². The summed E-state index contributed by atoms with van der Waals surface area (Å²) in [6.07, 6.45) is 17.5. The second-order valence-corrected chi connectivity index (χ2v) is 7.55. The van der Waals surface area contributed by atoms with Crippen molar-refractivity contribution in [1.82, 2.24) is 0 Å². The lowest BCUT2D eigenvalue weighted by atomic mass is 9.62.